The lowest BCUT2D eigenvalue weighted by molar-refractivity contribution is 0.0665. The summed E-state index contributed by atoms with van der Waals surface area (Å²) in [6, 6.07) is 7.51. The smallest absolute Gasteiger partial charge is 0.271 e. The van der Waals surface area contributed by atoms with Gasteiger partial charge in [0.25, 0.3) is 5.89 Å². The van der Waals surface area contributed by atoms with Crippen molar-refractivity contribution in [1.82, 2.24) is 10.1 Å². The Balaban J connectivity index is 1.88. The Bertz CT molecular complexity index is 509. The van der Waals surface area contributed by atoms with Crippen LogP contribution in [0.15, 0.2) is 28.8 Å². The summed E-state index contributed by atoms with van der Waals surface area (Å²) in [6.45, 7) is 2.16. The summed E-state index contributed by atoms with van der Waals surface area (Å²) in [5, 5.41) is 3.73. The molecule has 0 aliphatic carbocycles. The fourth-order valence-electron chi connectivity index (χ4n) is 1.59. The van der Waals surface area contributed by atoms with Crippen molar-refractivity contribution < 1.29 is 14.0 Å². The molecular formula is C11H10N2O3. The van der Waals surface area contributed by atoms with Gasteiger partial charge in [0.1, 0.15) is 6.61 Å². The predicted molar refractivity (Wildman–Crippen MR) is 54.3 cm³/mol. The van der Waals surface area contributed by atoms with Crippen LogP contribution in [0.2, 0.25) is 0 Å². The van der Waals surface area contributed by atoms with E-state index in [0.717, 1.165) is 5.75 Å². The highest BCUT2D eigenvalue weighted by atomic mass is 16.6. The summed E-state index contributed by atoms with van der Waals surface area (Å²) < 4.78 is 16.3. The molecule has 0 N–H and O–H groups in total. The van der Waals surface area contributed by atoms with Crippen LogP contribution in [0.4, 0.5) is 0 Å². The van der Waals surface area contributed by atoms with Crippen LogP contribution in [0.25, 0.3) is 0 Å². The van der Waals surface area contributed by atoms with Crippen molar-refractivity contribution in [2.24, 2.45) is 0 Å². The van der Waals surface area contributed by atoms with E-state index in [-0.39, 0.29) is 6.10 Å². The number of aromatic nitrogens is 2. The zero-order valence-electron chi connectivity index (χ0n) is 8.71. The number of benzene rings is 1. The van der Waals surface area contributed by atoms with E-state index in [1.54, 1.807) is 6.92 Å². The van der Waals surface area contributed by atoms with Crippen molar-refractivity contribution in [1.29, 1.82) is 0 Å². The summed E-state index contributed by atoms with van der Waals surface area (Å²) in [6.07, 6.45) is -0.323. The fourth-order valence-corrected chi connectivity index (χ4v) is 1.59. The van der Waals surface area contributed by atoms with Crippen molar-refractivity contribution >= 4 is 0 Å². The Morgan fingerprint density at radius 3 is 2.81 bits per heavy atom. The molecule has 0 saturated heterocycles. The van der Waals surface area contributed by atoms with E-state index in [4.69, 9.17) is 14.0 Å². The Morgan fingerprint density at radius 2 is 2.06 bits per heavy atom. The molecule has 0 bridgehead atoms. The molecule has 5 heteroatoms. The molecule has 2 heterocycles. The van der Waals surface area contributed by atoms with Crippen LogP contribution in [-0.4, -0.2) is 16.7 Å². The molecule has 1 aliphatic rings. The Morgan fingerprint density at radius 1 is 1.25 bits per heavy atom. The minimum absolute atomic E-state index is 0.323. The number of rotatable bonds is 1. The zero-order valence-corrected chi connectivity index (χ0v) is 8.71. The summed E-state index contributed by atoms with van der Waals surface area (Å²) >= 11 is 0. The van der Waals surface area contributed by atoms with Gasteiger partial charge in [-0.1, -0.05) is 17.3 Å². The second kappa shape index (κ2) is 3.52. The van der Waals surface area contributed by atoms with E-state index in [1.807, 2.05) is 24.3 Å². The van der Waals surface area contributed by atoms with E-state index in [0.29, 0.717) is 24.1 Å². The SMILES string of the molecule is Cc1noc([C@H]2COc3ccccc3O2)n1. The van der Waals surface area contributed by atoms with Crippen LogP contribution in [0.3, 0.4) is 0 Å². The predicted octanol–water partition coefficient (Wildman–Crippen LogP) is 1.89. The van der Waals surface area contributed by atoms with E-state index in [2.05, 4.69) is 10.1 Å². The number of fused-ring (bicyclic) bond motifs is 1. The van der Waals surface area contributed by atoms with Gasteiger partial charge in [0, 0.05) is 0 Å². The lowest BCUT2D eigenvalue weighted by Gasteiger charge is -2.23. The molecule has 1 aliphatic heterocycles. The molecule has 82 valence electrons. The third kappa shape index (κ3) is 1.50. The van der Waals surface area contributed by atoms with Crippen LogP contribution >= 0.6 is 0 Å². The van der Waals surface area contributed by atoms with E-state index in [9.17, 15) is 0 Å². The van der Waals surface area contributed by atoms with E-state index in [1.165, 1.54) is 0 Å². The van der Waals surface area contributed by atoms with Gasteiger partial charge in [-0.3, -0.25) is 0 Å². The van der Waals surface area contributed by atoms with Gasteiger partial charge in [-0.2, -0.15) is 4.98 Å². The number of ether oxygens (including phenoxy) is 2. The number of para-hydroxylation sites is 2. The third-order valence-electron chi connectivity index (χ3n) is 2.33. The number of hydrogen-bond acceptors (Lipinski definition) is 5. The molecule has 0 amide bonds. The average molecular weight is 218 g/mol. The lowest BCUT2D eigenvalue weighted by atomic mass is 10.2. The first-order valence-electron chi connectivity index (χ1n) is 5.01. The molecule has 1 aromatic carbocycles. The summed E-state index contributed by atoms with van der Waals surface area (Å²) in [5.74, 6) is 2.49. The van der Waals surface area contributed by atoms with Crippen molar-refractivity contribution in [3.05, 3.63) is 36.0 Å². The molecule has 0 spiro atoms. The molecule has 3 rings (SSSR count). The van der Waals surface area contributed by atoms with Gasteiger partial charge in [0.15, 0.2) is 17.3 Å². The second-order valence-electron chi connectivity index (χ2n) is 3.54. The molecule has 0 unspecified atom stereocenters. The third-order valence-corrected chi connectivity index (χ3v) is 2.33. The first kappa shape index (κ1) is 9.21. The Labute approximate surface area is 92.0 Å². The number of hydrogen-bond donors (Lipinski definition) is 0. The quantitative estimate of drug-likeness (QED) is 0.731. The van der Waals surface area contributed by atoms with Crippen LogP contribution in [0.5, 0.6) is 11.5 Å². The molecule has 0 fully saturated rings. The first-order chi connectivity index (χ1) is 7.83. The standard InChI is InChI=1S/C11H10N2O3/c1-7-12-11(16-13-7)10-6-14-8-4-2-3-5-9(8)15-10/h2-5,10H,6H2,1H3/t10-/m1/s1. The average Bonchev–Trinajstić information content (AvgIpc) is 2.75. The molecule has 1 aromatic heterocycles. The summed E-state index contributed by atoms with van der Waals surface area (Å²) in [4.78, 5) is 4.12. The van der Waals surface area contributed by atoms with E-state index >= 15 is 0 Å². The van der Waals surface area contributed by atoms with Gasteiger partial charge in [-0.05, 0) is 19.1 Å². The molecule has 2 aromatic rings. The monoisotopic (exact) mass is 218 g/mol. The van der Waals surface area contributed by atoms with Crippen LogP contribution in [-0.2, 0) is 0 Å². The molecular weight excluding hydrogens is 208 g/mol. The fraction of sp³-hybridized carbons (Fsp3) is 0.273. The molecule has 0 saturated carbocycles. The minimum atomic E-state index is -0.323. The van der Waals surface area contributed by atoms with Crippen LogP contribution in [0, 0.1) is 6.92 Å². The van der Waals surface area contributed by atoms with Gasteiger partial charge >= 0.3 is 0 Å². The first-order valence-corrected chi connectivity index (χ1v) is 5.01. The van der Waals surface area contributed by atoms with Crippen LogP contribution in [0.1, 0.15) is 17.8 Å². The molecule has 0 radical (unpaired) electrons. The normalized spacial score (nSPS) is 18.4. The molecule has 5 nitrogen and oxygen atoms in total. The second-order valence-corrected chi connectivity index (χ2v) is 3.54. The number of nitrogens with zero attached hydrogens (tertiary/aromatic N) is 2. The van der Waals surface area contributed by atoms with Gasteiger partial charge in [0.05, 0.1) is 0 Å². The largest absolute Gasteiger partial charge is 0.485 e. The summed E-state index contributed by atoms with van der Waals surface area (Å²) in [7, 11) is 0. The maximum atomic E-state index is 5.71. The highest BCUT2D eigenvalue weighted by Gasteiger charge is 2.26. The summed E-state index contributed by atoms with van der Waals surface area (Å²) in [5.41, 5.74) is 0. The van der Waals surface area contributed by atoms with Crippen molar-refractivity contribution in [2.45, 2.75) is 13.0 Å². The topological polar surface area (TPSA) is 57.4 Å². The Kier molecular flexibility index (Phi) is 2.02. The van der Waals surface area contributed by atoms with Crippen molar-refractivity contribution in [3.63, 3.8) is 0 Å². The molecule has 1 atom stereocenters. The number of aryl methyl sites for hydroxylation is 1. The van der Waals surface area contributed by atoms with Crippen molar-refractivity contribution in [2.75, 3.05) is 6.61 Å². The maximum Gasteiger partial charge on any atom is 0.271 e. The van der Waals surface area contributed by atoms with Gasteiger partial charge in [-0.25, -0.2) is 0 Å². The van der Waals surface area contributed by atoms with Gasteiger partial charge < -0.3 is 14.0 Å². The highest BCUT2D eigenvalue weighted by molar-refractivity contribution is 5.40. The lowest BCUT2D eigenvalue weighted by Crippen LogP contribution is -2.21. The van der Waals surface area contributed by atoms with Gasteiger partial charge in [0.2, 0.25) is 6.10 Å². The minimum Gasteiger partial charge on any atom is -0.485 e. The van der Waals surface area contributed by atoms with Gasteiger partial charge in [-0.15, -0.1) is 0 Å². The molecule has 16 heavy (non-hydrogen) atoms. The zero-order chi connectivity index (χ0) is 11.0. The van der Waals surface area contributed by atoms with Crippen LogP contribution < -0.4 is 9.47 Å². The van der Waals surface area contributed by atoms with E-state index < -0.39 is 0 Å². The van der Waals surface area contributed by atoms with Crippen molar-refractivity contribution in [3.8, 4) is 11.5 Å². The Hall–Kier alpha value is -2.04. The highest BCUT2D eigenvalue weighted by Crippen LogP contribution is 2.35. The maximum absolute atomic E-state index is 5.71.